The fraction of sp³-hybridized carbons (Fsp3) is 0.441. The second-order valence-corrected chi connectivity index (χ2v) is 12.2. The van der Waals surface area contributed by atoms with Gasteiger partial charge in [-0.15, -0.1) is 0 Å². The van der Waals surface area contributed by atoms with E-state index in [1.165, 1.54) is 39.1 Å². The summed E-state index contributed by atoms with van der Waals surface area (Å²) in [5.74, 6) is 1.23. The third kappa shape index (κ3) is 3.45. The highest BCUT2D eigenvalue weighted by atomic mass is 15.1. The molecule has 2 heterocycles. The van der Waals surface area contributed by atoms with E-state index in [9.17, 15) is 0 Å². The number of rotatable bonds is 3. The van der Waals surface area contributed by atoms with Gasteiger partial charge in [0.05, 0.1) is 5.56 Å². The van der Waals surface area contributed by atoms with E-state index in [-0.39, 0.29) is 16.4 Å². The van der Waals surface area contributed by atoms with Gasteiger partial charge in [0.1, 0.15) is 0 Å². The molecule has 0 amide bonds. The minimum atomic E-state index is -0.0182. The first kappa shape index (κ1) is 24.0. The summed E-state index contributed by atoms with van der Waals surface area (Å²) in [6.45, 7) is 19.4. The number of pyridine rings is 1. The minimum absolute atomic E-state index is 0.0182. The molecule has 0 spiro atoms. The molecule has 0 radical (unpaired) electrons. The van der Waals surface area contributed by atoms with Gasteiger partial charge in [0, 0.05) is 25.0 Å². The van der Waals surface area contributed by atoms with Crippen molar-refractivity contribution >= 4 is 6.08 Å². The van der Waals surface area contributed by atoms with Crippen molar-refractivity contribution < 1.29 is 4.57 Å². The van der Waals surface area contributed by atoms with Crippen molar-refractivity contribution in [3.05, 3.63) is 83.6 Å². The van der Waals surface area contributed by atoms with Gasteiger partial charge in [-0.25, -0.2) is 0 Å². The number of aromatic nitrogens is 1. The first-order chi connectivity index (χ1) is 16.6. The van der Waals surface area contributed by atoms with Gasteiger partial charge in [-0.1, -0.05) is 97.9 Å². The molecular formula is C34H42N+. The molecule has 3 aromatic rings. The highest BCUT2D eigenvalue weighted by Crippen LogP contribution is 2.54. The van der Waals surface area contributed by atoms with Gasteiger partial charge in [-0.3, -0.25) is 0 Å². The van der Waals surface area contributed by atoms with E-state index in [0.29, 0.717) is 11.8 Å². The van der Waals surface area contributed by atoms with Crippen molar-refractivity contribution in [2.24, 2.45) is 11.8 Å². The smallest absolute Gasteiger partial charge is 0.189 e. The Morgan fingerprint density at radius 1 is 0.743 bits per heavy atom. The number of nitrogens with zero attached hydrogens (tertiary/aromatic N) is 1. The summed E-state index contributed by atoms with van der Waals surface area (Å²) in [6.07, 6.45) is 9.37. The summed E-state index contributed by atoms with van der Waals surface area (Å²) in [5.41, 5.74) is 9.93. The predicted molar refractivity (Wildman–Crippen MR) is 149 cm³/mol. The van der Waals surface area contributed by atoms with Crippen molar-refractivity contribution in [3.63, 3.8) is 0 Å². The Bertz CT molecular complexity index is 1290. The van der Waals surface area contributed by atoms with Crippen LogP contribution < -0.4 is 4.57 Å². The van der Waals surface area contributed by atoms with Crippen LogP contribution in [0, 0.1) is 11.8 Å². The first-order valence-electron chi connectivity index (χ1n) is 13.6. The quantitative estimate of drug-likeness (QED) is 0.341. The van der Waals surface area contributed by atoms with Gasteiger partial charge < -0.3 is 0 Å². The molecule has 2 atom stereocenters. The SMILES string of the molecule is CCC1(CC)C=Cc2cc3c(cc2-c2cc(-c4ccccc4)cc[n+]21)C(C)(C)C(C)C(C)C3(C)C. The fourth-order valence-electron chi connectivity index (χ4n) is 6.84. The Morgan fingerprint density at radius 2 is 1.34 bits per heavy atom. The lowest BCUT2D eigenvalue weighted by Crippen LogP contribution is -2.55. The summed E-state index contributed by atoms with van der Waals surface area (Å²) >= 11 is 0. The molecule has 1 aliphatic heterocycles. The van der Waals surface area contributed by atoms with Gasteiger partial charge >= 0.3 is 0 Å². The average Bonchev–Trinajstić information content (AvgIpc) is 3.01. The molecule has 2 unspecified atom stereocenters. The number of hydrogen-bond donors (Lipinski definition) is 0. The van der Waals surface area contributed by atoms with E-state index in [4.69, 9.17) is 0 Å². The van der Waals surface area contributed by atoms with Crippen LogP contribution in [-0.4, -0.2) is 0 Å². The van der Waals surface area contributed by atoms with E-state index in [2.05, 4.69) is 133 Å². The van der Waals surface area contributed by atoms with Crippen molar-refractivity contribution in [2.45, 2.75) is 84.6 Å². The number of hydrogen-bond acceptors (Lipinski definition) is 0. The van der Waals surface area contributed by atoms with Crippen LogP contribution in [0.15, 0.2) is 66.9 Å². The number of benzene rings is 2. The maximum atomic E-state index is 2.56. The van der Waals surface area contributed by atoms with E-state index < -0.39 is 0 Å². The Hall–Kier alpha value is -2.67. The molecule has 0 saturated heterocycles. The van der Waals surface area contributed by atoms with Crippen LogP contribution in [0.3, 0.4) is 0 Å². The number of fused-ring (bicyclic) bond motifs is 4. The molecule has 2 aliphatic rings. The van der Waals surface area contributed by atoms with Crippen molar-refractivity contribution in [1.82, 2.24) is 0 Å². The Labute approximate surface area is 212 Å². The van der Waals surface area contributed by atoms with E-state index in [1.807, 2.05) is 0 Å². The molecule has 1 heteroatoms. The van der Waals surface area contributed by atoms with Crippen molar-refractivity contribution in [2.75, 3.05) is 0 Å². The molecule has 0 saturated carbocycles. The van der Waals surface area contributed by atoms with Crippen LogP contribution >= 0.6 is 0 Å². The lowest BCUT2D eigenvalue weighted by atomic mass is 9.53. The zero-order valence-electron chi connectivity index (χ0n) is 22.9. The van der Waals surface area contributed by atoms with E-state index >= 15 is 0 Å². The van der Waals surface area contributed by atoms with Crippen LogP contribution in [0.25, 0.3) is 28.5 Å². The standard InChI is InChI=1S/C34H42N/c1-9-34(10-2)18-16-27-20-29-30(33(7,8)24(4)23(3)32(29,5)6)22-28(27)31-21-26(17-19-35(31)34)25-14-12-11-13-15-25/h11-24H,9-10H2,1-8H3/q+1. The molecule has 0 N–H and O–H groups in total. The molecule has 0 fully saturated rings. The highest BCUT2D eigenvalue weighted by molar-refractivity contribution is 5.78. The molecule has 1 aromatic heterocycles. The van der Waals surface area contributed by atoms with E-state index in [1.54, 1.807) is 0 Å². The van der Waals surface area contributed by atoms with Crippen molar-refractivity contribution in [1.29, 1.82) is 0 Å². The first-order valence-corrected chi connectivity index (χ1v) is 13.6. The van der Waals surface area contributed by atoms with Gasteiger partial charge in [-0.05, 0) is 62.6 Å². The average molecular weight is 465 g/mol. The Morgan fingerprint density at radius 3 is 1.94 bits per heavy atom. The molecule has 182 valence electrons. The summed E-state index contributed by atoms with van der Waals surface area (Å²) in [7, 11) is 0. The molecule has 5 rings (SSSR count). The van der Waals surface area contributed by atoms with Gasteiger partial charge in [-0.2, -0.15) is 4.57 Å². The van der Waals surface area contributed by atoms with Crippen LogP contribution in [0.1, 0.15) is 84.9 Å². The number of allylic oxidation sites excluding steroid dienone is 1. The monoisotopic (exact) mass is 464 g/mol. The Kier molecular flexibility index (Phi) is 5.62. The van der Waals surface area contributed by atoms with Crippen LogP contribution in [0.4, 0.5) is 0 Å². The van der Waals surface area contributed by atoms with Crippen LogP contribution in [0.5, 0.6) is 0 Å². The summed E-state index contributed by atoms with van der Waals surface area (Å²) < 4.78 is 2.56. The second-order valence-electron chi connectivity index (χ2n) is 12.2. The summed E-state index contributed by atoms with van der Waals surface area (Å²) in [6, 6.07) is 20.6. The molecule has 0 bridgehead atoms. The van der Waals surface area contributed by atoms with Crippen LogP contribution in [0.2, 0.25) is 0 Å². The second kappa shape index (κ2) is 8.19. The normalized spacial score (nSPS) is 23.1. The maximum absolute atomic E-state index is 2.56. The highest BCUT2D eigenvalue weighted by Gasteiger charge is 2.48. The topological polar surface area (TPSA) is 3.88 Å². The van der Waals surface area contributed by atoms with Crippen molar-refractivity contribution in [3.8, 4) is 22.4 Å². The van der Waals surface area contributed by atoms with Crippen LogP contribution in [-0.2, 0) is 16.4 Å². The fourth-order valence-corrected chi connectivity index (χ4v) is 6.84. The molecule has 1 aliphatic carbocycles. The molecular weight excluding hydrogens is 422 g/mol. The largest absolute Gasteiger partial charge is 0.214 e. The molecule has 35 heavy (non-hydrogen) atoms. The molecule has 2 aromatic carbocycles. The third-order valence-corrected chi connectivity index (χ3v) is 10.2. The lowest BCUT2D eigenvalue weighted by Gasteiger charge is -2.51. The lowest BCUT2D eigenvalue weighted by molar-refractivity contribution is -0.743. The summed E-state index contributed by atoms with van der Waals surface area (Å²) in [5, 5.41) is 0. The minimum Gasteiger partial charge on any atom is -0.189 e. The maximum Gasteiger partial charge on any atom is 0.214 e. The van der Waals surface area contributed by atoms with Gasteiger partial charge in [0.15, 0.2) is 11.7 Å². The summed E-state index contributed by atoms with van der Waals surface area (Å²) in [4.78, 5) is 0. The zero-order valence-corrected chi connectivity index (χ0v) is 22.9. The zero-order chi connectivity index (χ0) is 25.2. The molecule has 1 nitrogen and oxygen atoms in total. The van der Waals surface area contributed by atoms with Gasteiger partial charge in [0.2, 0.25) is 5.69 Å². The van der Waals surface area contributed by atoms with E-state index in [0.717, 1.165) is 12.8 Å². The predicted octanol–water partition coefficient (Wildman–Crippen LogP) is 8.69. The third-order valence-electron chi connectivity index (χ3n) is 10.2. The van der Waals surface area contributed by atoms with Gasteiger partial charge in [0.25, 0.3) is 0 Å². The Balaban J connectivity index is 1.84.